The number of nitrogens with two attached hydrogens (primary N) is 1. The molecule has 3 amide bonds. The zero-order valence-corrected chi connectivity index (χ0v) is 25.6. The van der Waals surface area contributed by atoms with Gasteiger partial charge in [-0.05, 0) is 86.3 Å². The number of amides is 3. The van der Waals surface area contributed by atoms with Crippen LogP contribution < -0.4 is 21.1 Å². The fourth-order valence-electron chi connectivity index (χ4n) is 5.16. The molecule has 0 bridgehead atoms. The van der Waals surface area contributed by atoms with Crippen molar-refractivity contribution in [1.29, 1.82) is 0 Å². The molecule has 1 aliphatic heterocycles. The van der Waals surface area contributed by atoms with Crippen LogP contribution in [0.25, 0.3) is 0 Å². The van der Waals surface area contributed by atoms with Crippen LogP contribution in [-0.4, -0.2) is 57.2 Å². The van der Waals surface area contributed by atoms with Gasteiger partial charge in [-0.3, -0.25) is 14.9 Å². The summed E-state index contributed by atoms with van der Waals surface area (Å²) in [5.41, 5.74) is 7.11. The summed E-state index contributed by atoms with van der Waals surface area (Å²) in [4.78, 5) is 39.8. The third-order valence-corrected chi connectivity index (χ3v) is 9.70. The second kappa shape index (κ2) is 13.3. The number of nitrogens with zero attached hydrogens (tertiary/aromatic N) is 1. The summed E-state index contributed by atoms with van der Waals surface area (Å²) in [6.07, 6.45) is 0.288. The molecule has 0 aliphatic carbocycles. The van der Waals surface area contributed by atoms with E-state index in [9.17, 15) is 27.2 Å². The zero-order chi connectivity index (χ0) is 32.2. The number of anilines is 2. The Bertz CT molecular complexity index is 1680. The first kappa shape index (κ1) is 32.3. The van der Waals surface area contributed by atoms with Crippen molar-refractivity contribution in [3.8, 4) is 5.75 Å². The maximum atomic E-state index is 14.4. The van der Waals surface area contributed by atoms with Gasteiger partial charge in [-0.15, -0.1) is 0 Å². The van der Waals surface area contributed by atoms with E-state index in [1.54, 1.807) is 36.9 Å². The van der Waals surface area contributed by atoms with Gasteiger partial charge in [-0.1, -0.05) is 12.1 Å². The van der Waals surface area contributed by atoms with Crippen LogP contribution in [0.15, 0.2) is 65.6 Å². The molecule has 1 unspecified atom stereocenters. The average Bonchev–Trinajstić information content (AvgIpc) is 3.50. The van der Waals surface area contributed by atoms with Gasteiger partial charge in [0.05, 0.1) is 30.4 Å². The van der Waals surface area contributed by atoms with E-state index in [0.717, 1.165) is 0 Å². The number of sulfone groups is 1. The lowest BCUT2D eigenvalue weighted by molar-refractivity contribution is -0.133. The molecule has 0 saturated carbocycles. The molecule has 44 heavy (non-hydrogen) atoms. The van der Waals surface area contributed by atoms with Crippen molar-refractivity contribution >= 4 is 39.1 Å². The van der Waals surface area contributed by atoms with Gasteiger partial charge >= 0.3 is 6.09 Å². The minimum Gasteiger partial charge on any atom is -0.494 e. The number of nitrogens with one attached hydrogen (secondary N) is 2. The molecule has 3 aromatic rings. The summed E-state index contributed by atoms with van der Waals surface area (Å²) < 4.78 is 51.1. The van der Waals surface area contributed by atoms with Crippen molar-refractivity contribution in [2.75, 3.05) is 31.4 Å². The number of carbonyl (C=O) groups excluding carboxylic acids is 3. The molecule has 0 aromatic heterocycles. The van der Waals surface area contributed by atoms with Crippen molar-refractivity contribution in [2.24, 2.45) is 5.73 Å². The Hall–Kier alpha value is -4.65. The van der Waals surface area contributed by atoms with Gasteiger partial charge in [0.1, 0.15) is 6.04 Å². The Kier molecular flexibility index (Phi) is 9.78. The molecule has 2 atom stereocenters. The topological polar surface area (TPSA) is 157 Å². The van der Waals surface area contributed by atoms with Crippen LogP contribution in [0.4, 0.5) is 20.6 Å². The summed E-state index contributed by atoms with van der Waals surface area (Å²) in [6.45, 7) is 3.44. The van der Waals surface area contributed by atoms with E-state index in [0.29, 0.717) is 41.9 Å². The molecule has 13 heteroatoms. The first-order valence-corrected chi connectivity index (χ1v) is 15.4. The largest absolute Gasteiger partial charge is 0.494 e. The van der Waals surface area contributed by atoms with Gasteiger partial charge in [0.15, 0.2) is 21.4 Å². The van der Waals surface area contributed by atoms with Crippen LogP contribution in [0.2, 0.25) is 0 Å². The number of hydrogen-bond donors (Lipinski definition) is 3. The standard InChI is InChI=1S/C31H35FN4O7S/c1-18(2)44(40,41)27-13-11-22(35-31(39)43-4)17-23(27)25-9-6-14-36(25)30(38)28(19-10-12-24(32)26(16-19)42-3)34-21-8-5-7-20(15-21)29(33)37/h5,7-8,10-13,15-18,25,28,34H,6,9,14H2,1-4H3,(H2,33,37)(H,35,39)/t25?,28-/m1/s1. The molecule has 4 rings (SSSR count). The molecule has 3 aromatic carbocycles. The van der Waals surface area contributed by atoms with Crippen molar-refractivity contribution < 1.29 is 36.7 Å². The highest BCUT2D eigenvalue weighted by Gasteiger charge is 2.38. The molecule has 0 radical (unpaired) electrons. The lowest BCUT2D eigenvalue weighted by atomic mass is 10.0. The van der Waals surface area contributed by atoms with Gasteiger partial charge in [0, 0.05) is 23.5 Å². The predicted octanol–water partition coefficient (Wildman–Crippen LogP) is 4.81. The number of carbonyl (C=O) groups is 3. The van der Waals surface area contributed by atoms with E-state index < -0.39 is 50.9 Å². The number of ether oxygens (including phenoxy) is 2. The van der Waals surface area contributed by atoms with Gasteiger partial charge in [0.25, 0.3) is 0 Å². The van der Waals surface area contributed by atoms with Crippen LogP contribution in [0.5, 0.6) is 5.75 Å². The summed E-state index contributed by atoms with van der Waals surface area (Å²) in [6, 6.07) is 13.0. The van der Waals surface area contributed by atoms with E-state index >= 15 is 0 Å². The lowest BCUT2D eigenvalue weighted by Gasteiger charge is -2.32. The Balaban J connectivity index is 1.82. The van der Waals surface area contributed by atoms with E-state index in [2.05, 4.69) is 10.6 Å². The van der Waals surface area contributed by atoms with E-state index in [4.69, 9.17) is 15.2 Å². The number of benzene rings is 3. The molecule has 11 nitrogen and oxygen atoms in total. The molecule has 4 N–H and O–H groups in total. The van der Waals surface area contributed by atoms with E-state index in [1.165, 1.54) is 56.7 Å². The number of hydrogen-bond acceptors (Lipinski definition) is 8. The zero-order valence-electron chi connectivity index (χ0n) is 24.8. The highest BCUT2D eigenvalue weighted by atomic mass is 32.2. The molecular formula is C31H35FN4O7S. The first-order valence-electron chi connectivity index (χ1n) is 13.9. The highest BCUT2D eigenvalue weighted by Crippen LogP contribution is 2.40. The molecule has 1 aliphatic rings. The van der Waals surface area contributed by atoms with E-state index in [-0.39, 0.29) is 16.2 Å². The molecule has 234 valence electrons. The monoisotopic (exact) mass is 626 g/mol. The van der Waals surface area contributed by atoms with Crippen molar-refractivity contribution in [2.45, 2.75) is 48.9 Å². The van der Waals surface area contributed by atoms with Crippen LogP contribution >= 0.6 is 0 Å². The smallest absolute Gasteiger partial charge is 0.411 e. The fraction of sp³-hybridized carbons (Fsp3) is 0.323. The number of primary amides is 1. The molecule has 1 heterocycles. The van der Waals surface area contributed by atoms with Crippen molar-refractivity contribution in [3.63, 3.8) is 0 Å². The van der Waals surface area contributed by atoms with Crippen LogP contribution in [0.1, 0.15) is 60.3 Å². The van der Waals surface area contributed by atoms with Crippen LogP contribution in [0, 0.1) is 5.82 Å². The second-order valence-electron chi connectivity index (χ2n) is 10.6. The summed E-state index contributed by atoms with van der Waals surface area (Å²) in [7, 11) is -1.27. The van der Waals surface area contributed by atoms with E-state index in [1.807, 2.05) is 0 Å². The van der Waals surface area contributed by atoms with Gasteiger partial charge in [0.2, 0.25) is 11.8 Å². The Morgan fingerprint density at radius 2 is 1.77 bits per heavy atom. The first-order chi connectivity index (χ1) is 20.9. The fourth-order valence-corrected chi connectivity index (χ4v) is 6.45. The maximum Gasteiger partial charge on any atom is 0.411 e. The summed E-state index contributed by atoms with van der Waals surface area (Å²) in [5, 5.41) is 4.97. The molecular weight excluding hydrogens is 591 g/mol. The van der Waals surface area contributed by atoms with Gasteiger partial charge in [-0.25, -0.2) is 17.6 Å². The number of rotatable bonds is 10. The SMILES string of the molecule is COC(=O)Nc1ccc(S(=O)(=O)C(C)C)c(C2CCCN2C(=O)[C@H](Nc2cccc(C(N)=O)c2)c2ccc(F)c(OC)c2)c1. The second-order valence-corrected chi connectivity index (χ2v) is 13.0. The Morgan fingerprint density at radius 3 is 2.43 bits per heavy atom. The van der Waals surface area contributed by atoms with Crippen molar-refractivity contribution in [3.05, 3.63) is 83.2 Å². The van der Waals surface area contributed by atoms with Gasteiger partial charge < -0.3 is 25.4 Å². The number of methoxy groups -OCH3 is 2. The summed E-state index contributed by atoms with van der Waals surface area (Å²) >= 11 is 0. The predicted molar refractivity (Wildman–Crippen MR) is 163 cm³/mol. The Morgan fingerprint density at radius 1 is 1.02 bits per heavy atom. The summed E-state index contributed by atoms with van der Waals surface area (Å²) in [5.74, 6) is -1.77. The normalized spacial score (nSPS) is 15.5. The average molecular weight is 627 g/mol. The van der Waals surface area contributed by atoms with Crippen LogP contribution in [0.3, 0.4) is 0 Å². The highest BCUT2D eigenvalue weighted by molar-refractivity contribution is 7.92. The minimum atomic E-state index is -3.79. The maximum absolute atomic E-state index is 14.4. The number of likely N-dealkylation sites (tertiary alicyclic amines) is 1. The van der Waals surface area contributed by atoms with Gasteiger partial charge in [-0.2, -0.15) is 0 Å². The minimum absolute atomic E-state index is 0.0507. The molecule has 1 saturated heterocycles. The lowest BCUT2D eigenvalue weighted by Crippen LogP contribution is -2.38. The Labute approximate surface area is 255 Å². The molecule has 0 spiro atoms. The quantitative estimate of drug-likeness (QED) is 0.289. The van der Waals surface area contributed by atoms with Crippen LogP contribution in [-0.2, 0) is 19.4 Å². The third kappa shape index (κ3) is 6.77. The van der Waals surface area contributed by atoms with Crippen molar-refractivity contribution in [1.82, 2.24) is 4.90 Å². The number of halogens is 1. The third-order valence-electron chi connectivity index (χ3n) is 7.48. The molecule has 1 fully saturated rings.